The SMILES string of the molecule is CC[C@@H](C)NC(=O)[C@@H](Cc1ccccc1)N(Cc1cccc(Br)c1)C(=O)CN(c1cccc(Br)c1)S(C)(=O)=O. The minimum Gasteiger partial charge on any atom is -0.352 e. The monoisotopic (exact) mass is 677 g/mol. The molecule has 10 heteroatoms. The van der Waals surface area contributed by atoms with Crippen LogP contribution in [0.15, 0.2) is 87.8 Å². The number of benzene rings is 3. The van der Waals surface area contributed by atoms with Crippen LogP contribution in [0.5, 0.6) is 0 Å². The molecule has 1 N–H and O–H groups in total. The molecule has 0 aromatic heterocycles. The quantitative estimate of drug-likeness (QED) is 0.273. The van der Waals surface area contributed by atoms with Crippen LogP contribution >= 0.6 is 31.9 Å². The van der Waals surface area contributed by atoms with Crippen molar-refractivity contribution in [3.05, 3.63) is 98.9 Å². The lowest BCUT2D eigenvalue weighted by atomic mass is 10.0. The number of hydrogen-bond acceptors (Lipinski definition) is 4. The molecule has 0 bridgehead atoms. The molecule has 0 unspecified atom stereocenters. The molecule has 0 fully saturated rings. The van der Waals surface area contributed by atoms with Crippen LogP contribution in [0, 0.1) is 0 Å². The first-order valence-electron chi connectivity index (χ1n) is 12.6. The summed E-state index contributed by atoms with van der Waals surface area (Å²) in [4.78, 5) is 29.2. The topological polar surface area (TPSA) is 86.8 Å². The highest BCUT2D eigenvalue weighted by molar-refractivity contribution is 9.10. The second-order valence-electron chi connectivity index (χ2n) is 9.42. The average molecular weight is 679 g/mol. The Morgan fingerprint density at radius 1 is 0.897 bits per heavy atom. The highest BCUT2D eigenvalue weighted by Crippen LogP contribution is 2.24. The fourth-order valence-electron chi connectivity index (χ4n) is 4.07. The van der Waals surface area contributed by atoms with Crippen molar-refractivity contribution in [3.63, 3.8) is 0 Å². The molecular weight excluding hydrogens is 646 g/mol. The molecule has 2 amide bonds. The van der Waals surface area contributed by atoms with E-state index in [0.717, 1.165) is 32.6 Å². The van der Waals surface area contributed by atoms with Gasteiger partial charge < -0.3 is 10.2 Å². The molecule has 39 heavy (non-hydrogen) atoms. The van der Waals surface area contributed by atoms with Crippen molar-refractivity contribution in [3.8, 4) is 0 Å². The van der Waals surface area contributed by atoms with Crippen LogP contribution in [0.3, 0.4) is 0 Å². The number of carbonyl (C=O) groups is 2. The molecule has 3 aromatic rings. The summed E-state index contributed by atoms with van der Waals surface area (Å²) in [6.07, 6.45) is 2.07. The van der Waals surface area contributed by atoms with Gasteiger partial charge in [-0.3, -0.25) is 13.9 Å². The van der Waals surface area contributed by atoms with E-state index in [1.165, 1.54) is 4.90 Å². The number of carbonyl (C=O) groups excluding carboxylic acids is 2. The Bertz CT molecular complexity index is 1390. The highest BCUT2D eigenvalue weighted by Gasteiger charge is 2.33. The minimum atomic E-state index is -3.81. The van der Waals surface area contributed by atoms with Crippen molar-refractivity contribution in [2.24, 2.45) is 0 Å². The van der Waals surface area contributed by atoms with Gasteiger partial charge in [-0.2, -0.15) is 0 Å². The predicted molar refractivity (Wildman–Crippen MR) is 163 cm³/mol. The molecular formula is C29H33Br2N3O4S. The molecule has 0 spiro atoms. The van der Waals surface area contributed by atoms with E-state index in [-0.39, 0.29) is 24.9 Å². The highest BCUT2D eigenvalue weighted by atomic mass is 79.9. The number of anilines is 1. The smallest absolute Gasteiger partial charge is 0.244 e. The van der Waals surface area contributed by atoms with Gasteiger partial charge in [0.25, 0.3) is 0 Å². The number of amides is 2. The Labute approximate surface area is 247 Å². The van der Waals surface area contributed by atoms with Crippen LogP contribution in [0.1, 0.15) is 31.4 Å². The number of rotatable bonds is 12. The molecule has 208 valence electrons. The summed E-state index contributed by atoms with van der Waals surface area (Å²) >= 11 is 6.86. The van der Waals surface area contributed by atoms with Crippen molar-refractivity contribution in [1.29, 1.82) is 0 Å². The predicted octanol–water partition coefficient (Wildman–Crippen LogP) is 5.53. The third-order valence-electron chi connectivity index (χ3n) is 6.29. The number of hydrogen-bond donors (Lipinski definition) is 1. The van der Waals surface area contributed by atoms with Crippen molar-refractivity contribution in [2.75, 3.05) is 17.1 Å². The molecule has 0 aliphatic heterocycles. The van der Waals surface area contributed by atoms with Gasteiger partial charge >= 0.3 is 0 Å². The molecule has 0 saturated heterocycles. The van der Waals surface area contributed by atoms with Gasteiger partial charge in [-0.1, -0.05) is 87.3 Å². The number of nitrogens with one attached hydrogen (secondary N) is 1. The largest absolute Gasteiger partial charge is 0.352 e. The fourth-order valence-corrected chi connectivity index (χ4v) is 5.75. The summed E-state index contributed by atoms with van der Waals surface area (Å²) in [6.45, 7) is 3.56. The average Bonchev–Trinajstić information content (AvgIpc) is 2.89. The number of nitrogens with zero attached hydrogens (tertiary/aromatic N) is 2. The van der Waals surface area contributed by atoms with E-state index >= 15 is 0 Å². The normalized spacial score (nSPS) is 12.8. The lowest BCUT2D eigenvalue weighted by molar-refractivity contribution is -0.140. The van der Waals surface area contributed by atoms with Gasteiger partial charge in [0.15, 0.2) is 0 Å². The summed E-state index contributed by atoms with van der Waals surface area (Å²) < 4.78 is 28.3. The molecule has 0 aliphatic rings. The first-order valence-corrected chi connectivity index (χ1v) is 16.0. The van der Waals surface area contributed by atoms with Crippen molar-refractivity contribution < 1.29 is 18.0 Å². The van der Waals surface area contributed by atoms with Crippen molar-refractivity contribution in [2.45, 2.75) is 45.3 Å². The standard InChI is InChI=1S/C29H33Br2N3O4S/c1-4-21(2)32-29(36)27(17-22-10-6-5-7-11-22)33(19-23-12-8-13-24(30)16-23)28(35)20-34(39(3,37)38)26-15-9-14-25(31)18-26/h5-16,18,21,27H,4,17,19-20H2,1-3H3,(H,32,36)/t21-,27-/m1/s1. The van der Waals surface area contributed by atoms with Gasteiger partial charge in [-0.25, -0.2) is 8.42 Å². The zero-order chi connectivity index (χ0) is 28.6. The lowest BCUT2D eigenvalue weighted by Crippen LogP contribution is -2.54. The molecule has 3 aromatic carbocycles. The maximum absolute atomic E-state index is 14.1. The zero-order valence-electron chi connectivity index (χ0n) is 22.2. The van der Waals surface area contributed by atoms with Gasteiger partial charge in [0.05, 0.1) is 11.9 Å². The minimum absolute atomic E-state index is 0.0900. The van der Waals surface area contributed by atoms with Gasteiger partial charge in [-0.05, 0) is 54.8 Å². The Morgan fingerprint density at radius 3 is 2.10 bits per heavy atom. The molecule has 0 radical (unpaired) electrons. The summed E-state index contributed by atoms with van der Waals surface area (Å²) in [5.74, 6) is -0.773. The van der Waals surface area contributed by atoms with Crippen LogP contribution in [-0.4, -0.2) is 50.0 Å². The van der Waals surface area contributed by atoms with Crippen LogP contribution in [0.4, 0.5) is 5.69 Å². The lowest BCUT2D eigenvalue weighted by Gasteiger charge is -2.34. The second kappa shape index (κ2) is 14.1. The van der Waals surface area contributed by atoms with E-state index in [2.05, 4.69) is 37.2 Å². The first kappa shape index (κ1) is 30.8. The Morgan fingerprint density at radius 2 is 1.51 bits per heavy atom. The fraction of sp³-hybridized carbons (Fsp3) is 0.310. The molecule has 3 rings (SSSR count). The van der Waals surface area contributed by atoms with E-state index in [1.54, 1.807) is 24.3 Å². The van der Waals surface area contributed by atoms with Crippen molar-refractivity contribution in [1.82, 2.24) is 10.2 Å². The molecule has 2 atom stereocenters. The molecule has 7 nitrogen and oxygen atoms in total. The van der Waals surface area contributed by atoms with Gasteiger partial charge in [0.1, 0.15) is 12.6 Å². The van der Waals surface area contributed by atoms with Crippen LogP contribution in [0.2, 0.25) is 0 Å². The van der Waals surface area contributed by atoms with Gasteiger partial charge in [0, 0.05) is 28.0 Å². The van der Waals surface area contributed by atoms with Crippen LogP contribution in [0.25, 0.3) is 0 Å². The second-order valence-corrected chi connectivity index (χ2v) is 13.2. The number of halogens is 2. The summed E-state index contributed by atoms with van der Waals surface area (Å²) in [5, 5.41) is 3.02. The van der Waals surface area contributed by atoms with Crippen LogP contribution < -0.4 is 9.62 Å². The Hall–Kier alpha value is -2.69. The summed E-state index contributed by atoms with van der Waals surface area (Å²) in [7, 11) is -3.81. The van der Waals surface area contributed by atoms with Crippen molar-refractivity contribution >= 4 is 59.4 Å². The Balaban J connectivity index is 2.06. The maximum atomic E-state index is 14.1. The third kappa shape index (κ3) is 9.19. The van der Waals surface area contributed by atoms with E-state index < -0.39 is 28.5 Å². The molecule has 0 heterocycles. The van der Waals surface area contributed by atoms with Gasteiger partial charge in [0.2, 0.25) is 21.8 Å². The first-order chi connectivity index (χ1) is 18.5. The summed E-state index contributed by atoms with van der Waals surface area (Å²) in [6, 6.07) is 22.8. The maximum Gasteiger partial charge on any atom is 0.244 e. The Kier molecular flexibility index (Phi) is 11.1. The van der Waals surface area contributed by atoms with E-state index in [4.69, 9.17) is 0 Å². The van der Waals surface area contributed by atoms with E-state index in [0.29, 0.717) is 10.2 Å². The molecule has 0 saturated carbocycles. The zero-order valence-corrected chi connectivity index (χ0v) is 26.2. The number of sulfonamides is 1. The summed E-state index contributed by atoms with van der Waals surface area (Å²) in [5.41, 5.74) is 2.05. The van der Waals surface area contributed by atoms with E-state index in [1.807, 2.05) is 68.4 Å². The van der Waals surface area contributed by atoms with Gasteiger partial charge in [-0.15, -0.1) is 0 Å². The molecule has 0 aliphatic carbocycles. The van der Waals surface area contributed by atoms with E-state index in [9.17, 15) is 18.0 Å². The third-order valence-corrected chi connectivity index (χ3v) is 8.42. The van der Waals surface area contributed by atoms with Crippen LogP contribution in [-0.2, 0) is 32.6 Å².